The van der Waals surface area contributed by atoms with E-state index in [0.29, 0.717) is 28.9 Å². The van der Waals surface area contributed by atoms with Crippen LogP contribution in [0.25, 0.3) is 0 Å². The average molecular weight is 448 g/mol. The van der Waals surface area contributed by atoms with Gasteiger partial charge in [0, 0.05) is 66.9 Å². The number of carbonyl (C=O) groups excluding carboxylic acids is 1. The van der Waals surface area contributed by atoms with Gasteiger partial charge in [0.15, 0.2) is 0 Å². The molecule has 1 fully saturated rings. The third-order valence-electron chi connectivity index (χ3n) is 5.87. The lowest BCUT2D eigenvalue weighted by Crippen LogP contribution is -2.46. The van der Waals surface area contributed by atoms with Crippen molar-refractivity contribution in [3.05, 3.63) is 99.4 Å². The maximum Gasteiger partial charge on any atom is 0.272 e. The molecule has 0 unspecified atom stereocenters. The number of nitro groups is 1. The zero-order chi connectivity index (χ0) is 23.4. The molecule has 1 amide bonds. The first kappa shape index (κ1) is 22.4. The standard InChI is InChI=1S/C25H25FN4O3/c1-18-16-19(6-11-24(18)30(32)33)25(31)27-21-7-9-22(10-8-21)29-14-12-28(13-15-29)17-20-4-2-3-5-23(20)26/h2-11,16H,12-15,17H2,1H3,(H,27,31). The number of amides is 1. The fraction of sp³-hybridized carbons (Fsp3) is 0.240. The van der Waals surface area contributed by atoms with Crippen molar-refractivity contribution in [1.29, 1.82) is 0 Å². The molecule has 0 aromatic heterocycles. The predicted molar refractivity (Wildman–Crippen MR) is 126 cm³/mol. The predicted octanol–water partition coefficient (Wildman–Crippen LogP) is 4.62. The van der Waals surface area contributed by atoms with Gasteiger partial charge in [-0.3, -0.25) is 19.8 Å². The number of benzene rings is 3. The summed E-state index contributed by atoms with van der Waals surface area (Å²) in [5, 5.41) is 13.8. The van der Waals surface area contributed by atoms with Crippen LogP contribution in [-0.4, -0.2) is 41.9 Å². The molecule has 1 heterocycles. The van der Waals surface area contributed by atoms with Gasteiger partial charge >= 0.3 is 0 Å². The highest BCUT2D eigenvalue weighted by molar-refractivity contribution is 6.04. The summed E-state index contributed by atoms with van der Waals surface area (Å²) >= 11 is 0. The molecule has 0 radical (unpaired) electrons. The average Bonchev–Trinajstić information content (AvgIpc) is 2.81. The highest BCUT2D eigenvalue weighted by Crippen LogP contribution is 2.22. The molecule has 170 valence electrons. The first-order chi connectivity index (χ1) is 15.9. The number of hydrogen-bond donors (Lipinski definition) is 1. The van der Waals surface area contributed by atoms with Gasteiger partial charge in [-0.05, 0) is 49.4 Å². The van der Waals surface area contributed by atoms with Crippen LogP contribution >= 0.6 is 0 Å². The second kappa shape index (κ2) is 9.79. The summed E-state index contributed by atoms with van der Waals surface area (Å²) < 4.78 is 13.9. The molecule has 0 aliphatic carbocycles. The summed E-state index contributed by atoms with van der Waals surface area (Å²) in [6, 6.07) is 18.8. The molecule has 0 atom stereocenters. The molecule has 0 spiro atoms. The van der Waals surface area contributed by atoms with Crippen molar-refractivity contribution in [3.63, 3.8) is 0 Å². The van der Waals surface area contributed by atoms with Gasteiger partial charge in [-0.1, -0.05) is 18.2 Å². The number of carbonyl (C=O) groups is 1. The summed E-state index contributed by atoms with van der Waals surface area (Å²) in [6.45, 7) is 5.57. The molecule has 33 heavy (non-hydrogen) atoms. The van der Waals surface area contributed by atoms with Gasteiger partial charge in [-0.15, -0.1) is 0 Å². The van der Waals surface area contributed by atoms with Crippen molar-refractivity contribution in [2.45, 2.75) is 13.5 Å². The zero-order valence-corrected chi connectivity index (χ0v) is 18.3. The third kappa shape index (κ3) is 5.35. The van der Waals surface area contributed by atoms with Crippen molar-refractivity contribution in [2.75, 3.05) is 36.4 Å². The highest BCUT2D eigenvalue weighted by atomic mass is 19.1. The Bertz CT molecular complexity index is 1160. The Labute approximate surface area is 191 Å². The van der Waals surface area contributed by atoms with E-state index in [-0.39, 0.29) is 17.4 Å². The second-order valence-electron chi connectivity index (χ2n) is 8.11. The van der Waals surface area contributed by atoms with Crippen molar-refractivity contribution in [3.8, 4) is 0 Å². The van der Waals surface area contributed by atoms with Gasteiger partial charge in [-0.25, -0.2) is 4.39 Å². The molecule has 3 aromatic rings. The molecule has 1 N–H and O–H groups in total. The summed E-state index contributed by atoms with van der Waals surface area (Å²) in [5.74, 6) is -0.482. The highest BCUT2D eigenvalue weighted by Gasteiger charge is 2.19. The number of piperazine rings is 1. The Morgan fingerprint density at radius 2 is 1.73 bits per heavy atom. The van der Waals surface area contributed by atoms with E-state index in [1.807, 2.05) is 36.4 Å². The molecule has 1 aliphatic rings. The largest absolute Gasteiger partial charge is 0.369 e. The molecule has 4 rings (SSSR count). The van der Waals surface area contributed by atoms with Crippen molar-refractivity contribution in [1.82, 2.24) is 4.90 Å². The molecular weight excluding hydrogens is 423 g/mol. The van der Waals surface area contributed by atoms with Crippen LogP contribution in [0.5, 0.6) is 0 Å². The van der Waals surface area contributed by atoms with Gasteiger partial charge in [0.1, 0.15) is 5.82 Å². The summed E-state index contributed by atoms with van der Waals surface area (Å²) in [6.07, 6.45) is 0. The maximum atomic E-state index is 13.9. The van der Waals surface area contributed by atoms with Gasteiger partial charge in [0.25, 0.3) is 11.6 Å². The summed E-state index contributed by atoms with van der Waals surface area (Å²) in [4.78, 5) is 27.5. The molecule has 7 nitrogen and oxygen atoms in total. The van der Waals surface area contributed by atoms with Gasteiger partial charge in [-0.2, -0.15) is 0 Å². The topological polar surface area (TPSA) is 78.7 Å². The van der Waals surface area contributed by atoms with E-state index in [2.05, 4.69) is 15.1 Å². The number of nitro benzene ring substituents is 1. The molecule has 1 saturated heterocycles. The Balaban J connectivity index is 1.32. The van der Waals surface area contributed by atoms with Crippen LogP contribution in [0.2, 0.25) is 0 Å². The number of halogens is 1. The minimum Gasteiger partial charge on any atom is -0.369 e. The van der Waals surface area contributed by atoms with Gasteiger partial charge in [0.05, 0.1) is 4.92 Å². The van der Waals surface area contributed by atoms with Crippen LogP contribution in [0.4, 0.5) is 21.5 Å². The van der Waals surface area contributed by atoms with E-state index in [1.54, 1.807) is 13.0 Å². The molecule has 8 heteroatoms. The Kier molecular flexibility index (Phi) is 6.65. The third-order valence-corrected chi connectivity index (χ3v) is 5.87. The van der Waals surface area contributed by atoms with Crippen LogP contribution in [0.15, 0.2) is 66.7 Å². The lowest BCUT2D eigenvalue weighted by molar-refractivity contribution is -0.385. The van der Waals surface area contributed by atoms with E-state index in [1.165, 1.54) is 24.3 Å². The number of nitrogens with zero attached hydrogens (tertiary/aromatic N) is 3. The maximum absolute atomic E-state index is 13.9. The minimum atomic E-state index is -0.463. The van der Waals surface area contributed by atoms with E-state index in [4.69, 9.17) is 0 Å². The van der Waals surface area contributed by atoms with Crippen LogP contribution in [0.1, 0.15) is 21.5 Å². The van der Waals surface area contributed by atoms with E-state index in [0.717, 1.165) is 31.9 Å². The lowest BCUT2D eigenvalue weighted by atomic mass is 10.1. The lowest BCUT2D eigenvalue weighted by Gasteiger charge is -2.36. The molecular formula is C25H25FN4O3. The van der Waals surface area contributed by atoms with E-state index in [9.17, 15) is 19.3 Å². The first-order valence-electron chi connectivity index (χ1n) is 10.8. The van der Waals surface area contributed by atoms with Crippen LogP contribution < -0.4 is 10.2 Å². The molecule has 1 aliphatic heterocycles. The summed E-state index contributed by atoms with van der Waals surface area (Å²) in [7, 11) is 0. The van der Waals surface area contributed by atoms with Crippen LogP contribution in [0, 0.1) is 22.9 Å². The van der Waals surface area contributed by atoms with Crippen molar-refractivity contribution < 1.29 is 14.1 Å². The smallest absolute Gasteiger partial charge is 0.272 e. The Morgan fingerprint density at radius 3 is 2.36 bits per heavy atom. The number of hydrogen-bond acceptors (Lipinski definition) is 5. The fourth-order valence-corrected chi connectivity index (χ4v) is 3.99. The number of nitrogens with one attached hydrogen (secondary N) is 1. The first-order valence-corrected chi connectivity index (χ1v) is 10.8. The van der Waals surface area contributed by atoms with E-state index < -0.39 is 4.92 Å². The van der Waals surface area contributed by atoms with Gasteiger partial charge < -0.3 is 10.2 Å². The Hall–Kier alpha value is -3.78. The second-order valence-corrected chi connectivity index (χ2v) is 8.11. The van der Waals surface area contributed by atoms with Crippen LogP contribution in [0.3, 0.4) is 0 Å². The number of rotatable bonds is 6. The van der Waals surface area contributed by atoms with Crippen molar-refractivity contribution in [2.24, 2.45) is 0 Å². The molecule has 3 aromatic carbocycles. The van der Waals surface area contributed by atoms with Crippen LogP contribution in [-0.2, 0) is 6.54 Å². The molecule has 0 saturated carbocycles. The van der Waals surface area contributed by atoms with E-state index >= 15 is 0 Å². The SMILES string of the molecule is Cc1cc(C(=O)Nc2ccc(N3CCN(Cc4ccccc4F)CC3)cc2)ccc1[N+](=O)[O-]. The zero-order valence-electron chi connectivity index (χ0n) is 18.3. The minimum absolute atomic E-state index is 0.00935. The number of aryl methyl sites for hydroxylation is 1. The normalized spacial score (nSPS) is 14.2. The Morgan fingerprint density at radius 1 is 1.03 bits per heavy atom. The van der Waals surface area contributed by atoms with Crippen molar-refractivity contribution >= 4 is 23.0 Å². The number of anilines is 2. The molecule has 0 bridgehead atoms. The summed E-state index contributed by atoms with van der Waals surface area (Å²) in [5.41, 5.74) is 3.23. The van der Waals surface area contributed by atoms with Gasteiger partial charge in [0.2, 0.25) is 0 Å². The fourth-order valence-electron chi connectivity index (χ4n) is 3.99. The monoisotopic (exact) mass is 448 g/mol. The quantitative estimate of drug-likeness (QED) is 0.440.